The quantitative estimate of drug-likeness (QED) is 0.842. The highest BCUT2D eigenvalue weighted by molar-refractivity contribution is 9.10. The number of benzene rings is 1. The van der Waals surface area contributed by atoms with Gasteiger partial charge in [0, 0.05) is 0 Å². The van der Waals surface area contributed by atoms with E-state index in [0.717, 1.165) is 23.2 Å². The van der Waals surface area contributed by atoms with Crippen LogP contribution in [-0.2, 0) is 6.42 Å². The fourth-order valence-corrected chi connectivity index (χ4v) is 2.88. The van der Waals surface area contributed by atoms with E-state index in [2.05, 4.69) is 59.1 Å². The van der Waals surface area contributed by atoms with Crippen LogP contribution in [0.5, 0.6) is 5.75 Å². The fourth-order valence-electron chi connectivity index (χ4n) is 1.38. The molecule has 0 amide bonds. The zero-order chi connectivity index (χ0) is 12.2. The molecular formula is C12H20BrNOSi. The van der Waals surface area contributed by atoms with Crippen LogP contribution >= 0.6 is 15.9 Å². The van der Waals surface area contributed by atoms with Crippen LogP contribution in [0, 0.1) is 0 Å². The first-order valence-electron chi connectivity index (χ1n) is 5.54. The van der Waals surface area contributed by atoms with Crippen LogP contribution in [0.4, 0.5) is 0 Å². The summed E-state index contributed by atoms with van der Waals surface area (Å²) >= 11 is 3.57. The summed E-state index contributed by atoms with van der Waals surface area (Å²) in [5.41, 5.74) is 1.32. The van der Waals surface area contributed by atoms with Crippen molar-refractivity contribution >= 4 is 24.2 Å². The third kappa shape index (κ3) is 4.68. The molecule has 0 aliphatic rings. The maximum absolute atomic E-state index is 5.97. The minimum absolute atomic E-state index is 0.965. The van der Waals surface area contributed by atoms with Crippen LogP contribution in [0.2, 0.25) is 19.6 Å². The molecule has 0 heterocycles. The van der Waals surface area contributed by atoms with Gasteiger partial charge in [0.15, 0.2) is 0 Å². The average Bonchev–Trinajstić information content (AvgIpc) is 2.17. The van der Waals surface area contributed by atoms with Crippen molar-refractivity contribution in [2.45, 2.75) is 26.1 Å². The van der Waals surface area contributed by atoms with E-state index in [1.54, 1.807) is 0 Å². The predicted octanol–water partition coefficient (Wildman–Crippen LogP) is 3.42. The Balaban J connectivity index is 2.75. The van der Waals surface area contributed by atoms with Crippen LogP contribution in [0.15, 0.2) is 22.7 Å². The first-order chi connectivity index (χ1) is 7.42. The second kappa shape index (κ2) is 5.84. The van der Waals surface area contributed by atoms with E-state index < -0.39 is 8.32 Å². The number of likely N-dealkylation sites (N-methyl/N-ethyl adjacent to an activating group) is 1. The van der Waals surface area contributed by atoms with Crippen molar-refractivity contribution in [1.29, 1.82) is 0 Å². The number of rotatable bonds is 5. The van der Waals surface area contributed by atoms with Crippen molar-refractivity contribution in [3.63, 3.8) is 0 Å². The predicted molar refractivity (Wildman–Crippen MR) is 75.7 cm³/mol. The second-order valence-corrected chi connectivity index (χ2v) is 10.1. The Morgan fingerprint density at radius 3 is 2.50 bits per heavy atom. The van der Waals surface area contributed by atoms with Gasteiger partial charge in [-0.05, 0) is 73.3 Å². The minimum Gasteiger partial charge on any atom is -0.544 e. The van der Waals surface area contributed by atoms with Crippen LogP contribution in [-0.4, -0.2) is 21.9 Å². The number of hydrogen-bond acceptors (Lipinski definition) is 2. The van der Waals surface area contributed by atoms with Crippen molar-refractivity contribution in [1.82, 2.24) is 5.32 Å². The lowest BCUT2D eigenvalue weighted by Crippen LogP contribution is -2.29. The molecule has 0 unspecified atom stereocenters. The zero-order valence-electron chi connectivity index (χ0n) is 10.4. The van der Waals surface area contributed by atoms with Crippen molar-refractivity contribution in [3.05, 3.63) is 28.2 Å². The van der Waals surface area contributed by atoms with Crippen molar-refractivity contribution in [2.24, 2.45) is 0 Å². The third-order valence-electron chi connectivity index (χ3n) is 2.08. The molecule has 90 valence electrons. The Hall–Kier alpha value is -0.323. The van der Waals surface area contributed by atoms with Crippen molar-refractivity contribution in [2.75, 3.05) is 13.6 Å². The third-order valence-corrected chi connectivity index (χ3v) is 3.53. The van der Waals surface area contributed by atoms with Crippen LogP contribution in [0.25, 0.3) is 0 Å². The molecule has 16 heavy (non-hydrogen) atoms. The minimum atomic E-state index is -1.51. The van der Waals surface area contributed by atoms with Gasteiger partial charge in [-0.25, -0.2) is 0 Å². The number of nitrogens with one attached hydrogen (secondary N) is 1. The normalized spacial score (nSPS) is 11.6. The maximum Gasteiger partial charge on any atom is 0.242 e. The molecule has 1 N–H and O–H groups in total. The van der Waals surface area contributed by atoms with Crippen molar-refractivity contribution in [3.8, 4) is 5.75 Å². The highest BCUT2D eigenvalue weighted by Gasteiger charge is 2.17. The number of hydrogen-bond donors (Lipinski definition) is 1. The molecule has 0 aromatic heterocycles. The molecule has 0 fully saturated rings. The lowest BCUT2D eigenvalue weighted by atomic mass is 10.1. The summed E-state index contributed by atoms with van der Waals surface area (Å²) < 4.78 is 7.03. The number of halogens is 1. The molecule has 2 nitrogen and oxygen atoms in total. The van der Waals surface area contributed by atoms with Gasteiger partial charge in [0.25, 0.3) is 0 Å². The van der Waals surface area contributed by atoms with Gasteiger partial charge < -0.3 is 9.74 Å². The topological polar surface area (TPSA) is 21.3 Å². The van der Waals surface area contributed by atoms with Gasteiger partial charge in [0.2, 0.25) is 8.32 Å². The van der Waals surface area contributed by atoms with E-state index in [-0.39, 0.29) is 0 Å². The summed E-state index contributed by atoms with van der Waals surface area (Å²) in [5.74, 6) is 0.965. The Kier molecular flexibility index (Phi) is 5.02. The van der Waals surface area contributed by atoms with Crippen molar-refractivity contribution < 1.29 is 4.43 Å². The summed E-state index contributed by atoms with van der Waals surface area (Å²) in [5, 5.41) is 3.15. The molecule has 0 saturated carbocycles. The van der Waals surface area contributed by atoms with Crippen LogP contribution in [0.1, 0.15) is 5.56 Å². The molecule has 0 aliphatic carbocycles. The molecule has 0 saturated heterocycles. The lowest BCUT2D eigenvalue weighted by molar-refractivity contribution is 0.553. The van der Waals surface area contributed by atoms with Gasteiger partial charge in [-0.2, -0.15) is 0 Å². The molecule has 1 aromatic carbocycles. The summed E-state index contributed by atoms with van der Waals surface area (Å²) in [4.78, 5) is 0. The monoisotopic (exact) mass is 301 g/mol. The summed E-state index contributed by atoms with van der Waals surface area (Å²) in [7, 11) is 0.455. The summed E-state index contributed by atoms with van der Waals surface area (Å²) in [6.45, 7) is 7.57. The first kappa shape index (κ1) is 13.7. The fraction of sp³-hybridized carbons (Fsp3) is 0.500. The van der Waals surface area contributed by atoms with E-state index in [9.17, 15) is 0 Å². The SMILES string of the molecule is CNCCc1ccc(O[Si](C)(C)C)c(Br)c1. The Morgan fingerprint density at radius 1 is 1.31 bits per heavy atom. The largest absolute Gasteiger partial charge is 0.544 e. The summed E-state index contributed by atoms with van der Waals surface area (Å²) in [6.07, 6.45) is 1.04. The Labute approximate surface area is 108 Å². The smallest absolute Gasteiger partial charge is 0.242 e. The van der Waals surface area contributed by atoms with E-state index in [0.29, 0.717) is 0 Å². The first-order valence-corrected chi connectivity index (χ1v) is 9.74. The molecule has 0 bridgehead atoms. The van der Waals surface area contributed by atoms with Gasteiger partial charge in [0.05, 0.1) is 4.47 Å². The molecule has 0 spiro atoms. The van der Waals surface area contributed by atoms with E-state index in [4.69, 9.17) is 4.43 Å². The van der Waals surface area contributed by atoms with Gasteiger partial charge in [-0.1, -0.05) is 6.07 Å². The second-order valence-electron chi connectivity index (χ2n) is 4.83. The molecule has 0 aliphatic heterocycles. The average molecular weight is 302 g/mol. The van der Waals surface area contributed by atoms with E-state index in [1.165, 1.54) is 5.56 Å². The molecule has 0 radical (unpaired) electrons. The summed E-state index contributed by atoms with van der Waals surface area (Å²) in [6, 6.07) is 6.34. The molecule has 1 rings (SSSR count). The van der Waals surface area contributed by atoms with E-state index in [1.807, 2.05) is 7.05 Å². The maximum atomic E-state index is 5.97. The highest BCUT2D eigenvalue weighted by atomic mass is 79.9. The molecular weight excluding hydrogens is 282 g/mol. The Bertz CT molecular complexity index is 349. The standard InChI is InChI=1S/C12H20BrNOSi/c1-14-8-7-10-5-6-12(11(13)9-10)15-16(2,3)4/h5-6,9,14H,7-8H2,1-4H3. The van der Waals surface area contributed by atoms with Gasteiger partial charge in [-0.15, -0.1) is 0 Å². The van der Waals surface area contributed by atoms with Gasteiger partial charge in [0.1, 0.15) is 5.75 Å². The van der Waals surface area contributed by atoms with E-state index >= 15 is 0 Å². The van der Waals surface area contributed by atoms with Gasteiger partial charge in [-0.3, -0.25) is 0 Å². The zero-order valence-corrected chi connectivity index (χ0v) is 13.0. The highest BCUT2D eigenvalue weighted by Crippen LogP contribution is 2.28. The Morgan fingerprint density at radius 2 is 2.00 bits per heavy atom. The molecule has 1 aromatic rings. The molecule has 4 heteroatoms. The van der Waals surface area contributed by atoms with Crippen LogP contribution in [0.3, 0.4) is 0 Å². The lowest BCUT2D eigenvalue weighted by Gasteiger charge is -2.20. The molecule has 0 atom stereocenters. The van der Waals surface area contributed by atoms with Gasteiger partial charge >= 0.3 is 0 Å². The van der Waals surface area contributed by atoms with Crippen LogP contribution < -0.4 is 9.74 Å².